The van der Waals surface area contributed by atoms with E-state index in [9.17, 15) is 0 Å². The Bertz CT molecular complexity index is 1460. The summed E-state index contributed by atoms with van der Waals surface area (Å²) in [5, 5.41) is 8.45. The molecule has 0 bridgehead atoms. The molecule has 0 fully saturated rings. The minimum atomic E-state index is -2.44. The van der Waals surface area contributed by atoms with Gasteiger partial charge in [0.15, 0.2) is 7.26 Å². The van der Waals surface area contributed by atoms with E-state index in [0.29, 0.717) is 0 Å². The molecule has 37 heavy (non-hydrogen) atoms. The van der Waals surface area contributed by atoms with E-state index >= 15 is 0 Å². The highest BCUT2D eigenvalue weighted by Crippen LogP contribution is 2.57. The zero-order valence-corrected chi connectivity index (χ0v) is 22.6. The lowest BCUT2D eigenvalue weighted by molar-refractivity contribution is -0.00000716. The van der Waals surface area contributed by atoms with E-state index in [1.165, 1.54) is 15.9 Å². The monoisotopic (exact) mass is 561 g/mol. The fourth-order valence-corrected chi connectivity index (χ4v) is 9.11. The van der Waals surface area contributed by atoms with Crippen molar-refractivity contribution in [1.29, 1.82) is 0 Å². The van der Waals surface area contributed by atoms with Crippen LogP contribution in [0.4, 0.5) is 0 Å². The Morgan fingerprint density at radius 2 is 0.784 bits per heavy atom. The van der Waals surface area contributed by atoms with Crippen molar-refractivity contribution in [2.75, 3.05) is 0 Å². The zero-order chi connectivity index (χ0) is 24.2. The second-order valence-electron chi connectivity index (χ2n) is 8.62. The zero-order valence-electron chi connectivity index (χ0n) is 20.1. The molecule has 6 rings (SSSR count). The predicted octanol–water partition coefficient (Wildman–Crippen LogP) is 3.63. The molecule has 0 N–H and O–H groups in total. The second kappa shape index (κ2) is 11.1. The minimum Gasteiger partial charge on any atom is -1.00 e. The highest BCUT2D eigenvalue weighted by atomic mass is 79.9. The van der Waals surface area contributed by atoms with Gasteiger partial charge in [-0.1, -0.05) is 120 Å². The molecular weight excluding hydrogens is 537 g/mol. The van der Waals surface area contributed by atoms with Crippen molar-refractivity contribution in [3.05, 3.63) is 152 Å². The van der Waals surface area contributed by atoms with Crippen molar-refractivity contribution in [1.82, 2.24) is 5.16 Å². The smallest absolute Gasteiger partial charge is 0.296 e. The molecule has 1 aromatic heterocycles. The fraction of sp³-hybridized carbons (Fsp3) is 0. The molecule has 0 radical (unpaired) electrons. The molecule has 0 saturated heterocycles. The molecule has 0 spiro atoms. The van der Waals surface area contributed by atoms with Crippen LogP contribution >= 0.6 is 7.26 Å². The summed E-state index contributed by atoms with van der Waals surface area (Å²) in [5.74, 6) is 0. The summed E-state index contributed by atoms with van der Waals surface area (Å²) >= 11 is 0. The molecule has 0 unspecified atom stereocenters. The van der Waals surface area contributed by atoms with E-state index in [0.717, 1.165) is 27.9 Å². The summed E-state index contributed by atoms with van der Waals surface area (Å²) in [6.07, 6.45) is 0. The third-order valence-electron chi connectivity index (χ3n) is 6.52. The Labute approximate surface area is 228 Å². The quantitative estimate of drug-likeness (QED) is 0.290. The Kier molecular flexibility index (Phi) is 7.46. The minimum absolute atomic E-state index is 0. The summed E-state index contributed by atoms with van der Waals surface area (Å²) in [6.45, 7) is 0. The molecule has 180 valence electrons. The van der Waals surface area contributed by atoms with Crippen LogP contribution in [0.25, 0.3) is 22.4 Å². The Balaban J connectivity index is 0.00000280. The number of rotatable bonds is 6. The molecule has 0 aliphatic heterocycles. The van der Waals surface area contributed by atoms with Gasteiger partial charge < -0.3 is 21.5 Å². The molecular formula is C33H25BrNOP. The van der Waals surface area contributed by atoms with Crippen LogP contribution in [0.1, 0.15) is 0 Å². The van der Waals surface area contributed by atoms with Gasteiger partial charge in [0.2, 0.25) is 0 Å². The van der Waals surface area contributed by atoms with Gasteiger partial charge >= 0.3 is 0 Å². The Morgan fingerprint density at radius 1 is 0.432 bits per heavy atom. The maximum atomic E-state index is 6.53. The van der Waals surface area contributed by atoms with Crippen molar-refractivity contribution < 1.29 is 21.5 Å². The van der Waals surface area contributed by atoms with Gasteiger partial charge in [0, 0.05) is 5.56 Å². The van der Waals surface area contributed by atoms with Gasteiger partial charge in [0.05, 0.1) is 5.56 Å². The number of halogens is 1. The lowest BCUT2D eigenvalue weighted by Crippen LogP contribution is -3.00. The van der Waals surface area contributed by atoms with E-state index < -0.39 is 7.26 Å². The van der Waals surface area contributed by atoms with Crippen molar-refractivity contribution >= 4 is 28.7 Å². The van der Waals surface area contributed by atoms with Crippen LogP contribution in [0, 0.1) is 0 Å². The highest BCUT2D eigenvalue weighted by Gasteiger charge is 2.54. The van der Waals surface area contributed by atoms with Crippen LogP contribution in [0.15, 0.2) is 156 Å². The van der Waals surface area contributed by atoms with Crippen molar-refractivity contribution in [2.24, 2.45) is 0 Å². The van der Waals surface area contributed by atoms with Gasteiger partial charge in [-0.2, -0.15) is 0 Å². The van der Waals surface area contributed by atoms with Gasteiger partial charge in [-0.3, -0.25) is 0 Å². The molecule has 0 aliphatic rings. The first-order chi connectivity index (χ1) is 17.9. The van der Waals surface area contributed by atoms with Gasteiger partial charge in [-0.15, -0.1) is 0 Å². The fourth-order valence-electron chi connectivity index (χ4n) is 4.92. The molecule has 4 heteroatoms. The molecule has 0 saturated carbocycles. The molecule has 1 heterocycles. The standard InChI is InChI=1S/C33H25NOP.BrH/c1-6-16-26(17-7-1)31-32(27-18-8-2-9-19-27)34-35-33(31)36(28-20-10-3-11-21-28,29-22-12-4-13-23-29)30-24-14-5-15-25-30;/h1-25H;1H/q+1;/p-1. The van der Waals surface area contributed by atoms with E-state index in [1.807, 2.05) is 24.3 Å². The van der Waals surface area contributed by atoms with Gasteiger partial charge in [-0.05, 0) is 42.0 Å². The van der Waals surface area contributed by atoms with Crippen LogP contribution in [0.5, 0.6) is 0 Å². The van der Waals surface area contributed by atoms with Crippen molar-refractivity contribution in [3.8, 4) is 22.4 Å². The summed E-state index contributed by atoms with van der Waals surface area (Å²) in [4.78, 5) is 0. The van der Waals surface area contributed by atoms with Gasteiger partial charge in [-0.25, -0.2) is 0 Å². The van der Waals surface area contributed by atoms with Gasteiger partial charge in [0.25, 0.3) is 5.50 Å². The van der Waals surface area contributed by atoms with Crippen molar-refractivity contribution in [2.45, 2.75) is 0 Å². The Morgan fingerprint density at radius 3 is 1.19 bits per heavy atom. The average molecular weight is 562 g/mol. The van der Waals surface area contributed by atoms with Crippen LogP contribution in [-0.4, -0.2) is 5.16 Å². The first-order valence-corrected chi connectivity index (χ1v) is 13.8. The maximum Gasteiger partial charge on any atom is 0.296 e. The Hall–Kier alpha value is -3.78. The third-order valence-corrected chi connectivity index (χ3v) is 10.7. The number of hydrogen-bond acceptors (Lipinski definition) is 2. The van der Waals surface area contributed by atoms with Crippen LogP contribution in [0.3, 0.4) is 0 Å². The molecule has 6 aromatic rings. The number of aromatic nitrogens is 1. The molecule has 0 aliphatic carbocycles. The van der Waals surface area contributed by atoms with Gasteiger partial charge in [0.1, 0.15) is 21.6 Å². The topological polar surface area (TPSA) is 26.0 Å². The van der Waals surface area contributed by atoms with E-state index in [-0.39, 0.29) is 17.0 Å². The largest absolute Gasteiger partial charge is 1.00 e. The normalized spacial score (nSPS) is 11.0. The maximum absolute atomic E-state index is 6.53. The van der Waals surface area contributed by atoms with Crippen molar-refractivity contribution in [3.63, 3.8) is 0 Å². The van der Waals surface area contributed by atoms with E-state index in [2.05, 4.69) is 127 Å². The second-order valence-corrected chi connectivity index (χ2v) is 11.9. The highest BCUT2D eigenvalue weighted by molar-refractivity contribution is 8.01. The van der Waals surface area contributed by atoms with Crippen LogP contribution < -0.4 is 38.4 Å². The number of nitrogens with zero attached hydrogens (tertiary/aromatic N) is 1. The summed E-state index contributed by atoms with van der Waals surface area (Å²) in [7, 11) is -2.44. The van der Waals surface area contributed by atoms with E-state index in [4.69, 9.17) is 9.68 Å². The SMILES string of the molecule is [Br-].c1ccc(-c2noc([P+](c3ccccc3)(c3ccccc3)c3ccccc3)c2-c2ccccc2)cc1. The number of hydrogen-bond donors (Lipinski definition) is 0. The number of benzene rings is 5. The predicted molar refractivity (Wildman–Crippen MR) is 152 cm³/mol. The lowest BCUT2D eigenvalue weighted by atomic mass is 10.0. The first-order valence-electron chi connectivity index (χ1n) is 12.1. The summed E-state index contributed by atoms with van der Waals surface area (Å²) < 4.78 is 6.53. The summed E-state index contributed by atoms with van der Waals surface area (Å²) in [6, 6.07) is 53.1. The lowest BCUT2D eigenvalue weighted by Gasteiger charge is -2.25. The molecule has 0 amide bonds. The molecule has 2 nitrogen and oxygen atoms in total. The third kappa shape index (κ3) is 4.46. The van der Waals surface area contributed by atoms with E-state index in [1.54, 1.807) is 0 Å². The van der Waals surface area contributed by atoms with Crippen LogP contribution in [0.2, 0.25) is 0 Å². The molecule has 0 atom stereocenters. The summed E-state index contributed by atoms with van der Waals surface area (Å²) in [5.41, 5.74) is 4.96. The average Bonchev–Trinajstić information content (AvgIpc) is 3.42. The molecule has 5 aromatic carbocycles. The first kappa shape index (κ1) is 24.9. The van der Waals surface area contributed by atoms with Crippen LogP contribution in [-0.2, 0) is 0 Å².